The lowest BCUT2D eigenvalue weighted by Crippen LogP contribution is -2.45. The molecule has 0 saturated heterocycles. The van der Waals surface area contributed by atoms with Crippen LogP contribution in [0.5, 0.6) is 0 Å². The molecular weight excluding hydrogens is 382 g/mol. The average Bonchev–Trinajstić information content (AvgIpc) is 2.71. The number of pyridine rings is 1. The highest BCUT2D eigenvalue weighted by Crippen LogP contribution is 2.08. The number of esters is 1. The molecule has 7 nitrogen and oxygen atoms in total. The first-order chi connectivity index (χ1) is 14.3. The normalized spacial score (nSPS) is 12.0. The van der Waals surface area contributed by atoms with Gasteiger partial charge >= 0.3 is 5.97 Å². The standard InChI is InChI=1S/C23H25N3O4/c1-15(2)22(25-20(27)11-17-7-5-4-6-8-17)23(29)30-14-18-12-21(28)26-13-16(3)9-10-19(26)24-18/h4-10,12-13,15,22H,11,14H2,1-3H3,(H,25,27)/t22-/m0/s1. The van der Waals surface area contributed by atoms with Crippen LogP contribution >= 0.6 is 0 Å². The lowest BCUT2D eigenvalue weighted by atomic mass is 10.0. The van der Waals surface area contributed by atoms with Gasteiger partial charge in [0.05, 0.1) is 12.1 Å². The number of aromatic nitrogens is 2. The number of benzene rings is 1. The lowest BCUT2D eigenvalue weighted by Gasteiger charge is -2.21. The summed E-state index contributed by atoms with van der Waals surface area (Å²) in [6.45, 7) is 5.41. The van der Waals surface area contributed by atoms with Crippen molar-refractivity contribution in [2.24, 2.45) is 5.92 Å². The second kappa shape index (κ2) is 9.35. The van der Waals surface area contributed by atoms with E-state index >= 15 is 0 Å². The van der Waals surface area contributed by atoms with Crippen molar-refractivity contribution in [2.45, 2.75) is 39.8 Å². The number of carbonyl (C=O) groups excluding carboxylic acids is 2. The summed E-state index contributed by atoms with van der Waals surface area (Å²) in [5.41, 5.74) is 2.40. The second-order valence-electron chi connectivity index (χ2n) is 7.58. The fraction of sp³-hybridized carbons (Fsp3) is 0.304. The molecule has 0 aliphatic heterocycles. The Morgan fingerprint density at radius 1 is 1.13 bits per heavy atom. The van der Waals surface area contributed by atoms with E-state index in [0.717, 1.165) is 11.1 Å². The number of hydrogen-bond donors (Lipinski definition) is 1. The summed E-state index contributed by atoms with van der Waals surface area (Å²) >= 11 is 0. The molecule has 7 heteroatoms. The first kappa shape index (κ1) is 21.2. The Morgan fingerprint density at radius 3 is 2.57 bits per heavy atom. The minimum absolute atomic E-state index is 0.143. The smallest absolute Gasteiger partial charge is 0.329 e. The van der Waals surface area contributed by atoms with Gasteiger partial charge in [0.1, 0.15) is 18.3 Å². The van der Waals surface area contributed by atoms with Crippen molar-refractivity contribution in [1.82, 2.24) is 14.7 Å². The van der Waals surface area contributed by atoms with Crippen molar-refractivity contribution in [3.63, 3.8) is 0 Å². The highest BCUT2D eigenvalue weighted by atomic mass is 16.5. The Bertz CT molecular complexity index is 1110. The monoisotopic (exact) mass is 407 g/mol. The van der Waals surface area contributed by atoms with Crippen LogP contribution < -0.4 is 10.9 Å². The molecule has 3 aromatic rings. The molecule has 30 heavy (non-hydrogen) atoms. The fourth-order valence-corrected chi connectivity index (χ4v) is 3.07. The first-order valence-electron chi connectivity index (χ1n) is 9.82. The van der Waals surface area contributed by atoms with E-state index < -0.39 is 12.0 Å². The van der Waals surface area contributed by atoms with Crippen LogP contribution in [0.2, 0.25) is 0 Å². The Labute approximate surface area is 174 Å². The van der Waals surface area contributed by atoms with Gasteiger partial charge in [0, 0.05) is 12.3 Å². The lowest BCUT2D eigenvalue weighted by molar-refractivity contribution is -0.150. The second-order valence-corrected chi connectivity index (χ2v) is 7.58. The Hall–Kier alpha value is -3.48. The zero-order chi connectivity index (χ0) is 21.7. The van der Waals surface area contributed by atoms with Crippen molar-refractivity contribution in [3.05, 3.63) is 81.9 Å². The molecule has 0 saturated carbocycles. The van der Waals surface area contributed by atoms with Gasteiger partial charge in [-0.05, 0) is 30.0 Å². The topological polar surface area (TPSA) is 89.8 Å². The van der Waals surface area contributed by atoms with E-state index in [0.29, 0.717) is 11.3 Å². The number of carbonyl (C=O) groups is 2. The van der Waals surface area contributed by atoms with Crippen LogP contribution in [0.25, 0.3) is 5.65 Å². The van der Waals surface area contributed by atoms with E-state index in [-0.39, 0.29) is 30.4 Å². The molecule has 1 aromatic carbocycles. The fourth-order valence-electron chi connectivity index (χ4n) is 3.07. The Balaban J connectivity index is 1.65. The molecule has 3 rings (SSSR count). The third-order valence-electron chi connectivity index (χ3n) is 4.67. The maximum atomic E-state index is 12.6. The Morgan fingerprint density at radius 2 is 1.87 bits per heavy atom. The number of aryl methyl sites for hydroxylation is 1. The van der Waals surface area contributed by atoms with Gasteiger partial charge < -0.3 is 10.1 Å². The van der Waals surface area contributed by atoms with Crippen LogP contribution in [0, 0.1) is 12.8 Å². The number of amides is 1. The quantitative estimate of drug-likeness (QED) is 0.608. The van der Waals surface area contributed by atoms with Gasteiger partial charge in [-0.15, -0.1) is 0 Å². The van der Waals surface area contributed by atoms with E-state index in [1.807, 2.05) is 57.2 Å². The molecule has 2 heterocycles. The molecule has 0 bridgehead atoms. The van der Waals surface area contributed by atoms with Gasteiger partial charge in [0.25, 0.3) is 5.56 Å². The van der Waals surface area contributed by atoms with E-state index in [9.17, 15) is 14.4 Å². The predicted molar refractivity (Wildman–Crippen MR) is 113 cm³/mol. The summed E-state index contributed by atoms with van der Waals surface area (Å²) in [6, 6.07) is 13.5. The SMILES string of the molecule is Cc1ccc2nc(COC(=O)[C@@H](NC(=O)Cc3ccccc3)C(C)C)cc(=O)n2c1. The number of nitrogens with zero attached hydrogens (tertiary/aromatic N) is 2. The largest absolute Gasteiger partial charge is 0.458 e. The Kier molecular flexibility index (Phi) is 6.61. The minimum Gasteiger partial charge on any atom is -0.458 e. The van der Waals surface area contributed by atoms with Crippen LogP contribution in [0.4, 0.5) is 0 Å². The minimum atomic E-state index is -0.787. The number of fused-ring (bicyclic) bond motifs is 1. The molecular formula is C23H25N3O4. The number of hydrogen-bond acceptors (Lipinski definition) is 5. The zero-order valence-corrected chi connectivity index (χ0v) is 17.3. The van der Waals surface area contributed by atoms with Crippen molar-refractivity contribution < 1.29 is 14.3 Å². The molecule has 1 amide bonds. The third kappa shape index (κ3) is 5.31. The van der Waals surface area contributed by atoms with Crippen LogP contribution in [-0.2, 0) is 27.4 Å². The summed E-state index contributed by atoms with van der Waals surface area (Å²) in [7, 11) is 0. The zero-order valence-electron chi connectivity index (χ0n) is 17.3. The van der Waals surface area contributed by atoms with Gasteiger partial charge in [-0.25, -0.2) is 9.78 Å². The molecule has 0 fully saturated rings. The highest BCUT2D eigenvalue weighted by Gasteiger charge is 2.26. The van der Waals surface area contributed by atoms with Crippen LogP contribution in [0.3, 0.4) is 0 Å². The van der Waals surface area contributed by atoms with E-state index in [1.54, 1.807) is 12.3 Å². The molecule has 1 N–H and O–H groups in total. The molecule has 1 atom stereocenters. The van der Waals surface area contributed by atoms with Gasteiger partial charge in [-0.1, -0.05) is 50.2 Å². The first-order valence-corrected chi connectivity index (χ1v) is 9.82. The number of ether oxygens (including phenoxy) is 1. The average molecular weight is 407 g/mol. The molecule has 156 valence electrons. The summed E-state index contributed by atoms with van der Waals surface area (Å²) < 4.78 is 6.81. The van der Waals surface area contributed by atoms with Crippen molar-refractivity contribution in [3.8, 4) is 0 Å². The van der Waals surface area contributed by atoms with Gasteiger partial charge in [-0.3, -0.25) is 14.0 Å². The van der Waals surface area contributed by atoms with Crippen molar-refractivity contribution in [2.75, 3.05) is 0 Å². The summed E-state index contributed by atoms with van der Waals surface area (Å²) in [5.74, 6) is -0.970. The van der Waals surface area contributed by atoms with Crippen LogP contribution in [-0.4, -0.2) is 27.3 Å². The van der Waals surface area contributed by atoms with E-state index in [1.165, 1.54) is 10.5 Å². The van der Waals surface area contributed by atoms with Gasteiger partial charge in [0.2, 0.25) is 5.91 Å². The van der Waals surface area contributed by atoms with Crippen molar-refractivity contribution >= 4 is 17.5 Å². The molecule has 0 radical (unpaired) electrons. The summed E-state index contributed by atoms with van der Waals surface area (Å²) in [4.78, 5) is 41.6. The molecule has 0 aliphatic rings. The number of rotatable bonds is 7. The third-order valence-corrected chi connectivity index (χ3v) is 4.67. The predicted octanol–water partition coefficient (Wildman–Crippen LogP) is 2.43. The molecule has 0 unspecified atom stereocenters. The van der Waals surface area contributed by atoms with Crippen LogP contribution in [0.1, 0.15) is 30.7 Å². The molecule has 0 aliphatic carbocycles. The molecule has 2 aromatic heterocycles. The van der Waals surface area contributed by atoms with Gasteiger partial charge in [-0.2, -0.15) is 0 Å². The highest BCUT2D eigenvalue weighted by molar-refractivity contribution is 5.85. The maximum Gasteiger partial charge on any atom is 0.329 e. The summed E-state index contributed by atoms with van der Waals surface area (Å²) in [6.07, 6.45) is 1.89. The van der Waals surface area contributed by atoms with Crippen LogP contribution in [0.15, 0.2) is 59.5 Å². The summed E-state index contributed by atoms with van der Waals surface area (Å²) in [5, 5.41) is 2.75. The van der Waals surface area contributed by atoms with Crippen molar-refractivity contribution in [1.29, 1.82) is 0 Å². The molecule has 0 spiro atoms. The maximum absolute atomic E-state index is 12.6. The van der Waals surface area contributed by atoms with E-state index in [2.05, 4.69) is 10.3 Å². The number of nitrogens with one attached hydrogen (secondary N) is 1. The van der Waals surface area contributed by atoms with Gasteiger partial charge in [0.15, 0.2) is 0 Å². The van der Waals surface area contributed by atoms with E-state index in [4.69, 9.17) is 4.74 Å².